The third kappa shape index (κ3) is 8.14. The zero-order valence-corrected chi connectivity index (χ0v) is 41.5. The minimum atomic E-state index is -0.138. The molecule has 2 aliphatic rings. The molecular weight excluding hydrogens is 833 g/mol. The fraction of sp³-hybridized carbons (Fsp3) is 0.299. The molecule has 0 fully saturated rings. The molecule has 0 bridgehead atoms. The van der Waals surface area contributed by atoms with Crippen molar-refractivity contribution in [1.29, 1.82) is 0 Å². The van der Waals surface area contributed by atoms with E-state index < -0.39 is 0 Å². The van der Waals surface area contributed by atoms with Gasteiger partial charge < -0.3 is 0 Å². The average Bonchev–Trinajstić information content (AvgIpc) is 3.98. The summed E-state index contributed by atoms with van der Waals surface area (Å²) in [6.45, 7) is 9.59. The van der Waals surface area contributed by atoms with Gasteiger partial charge in [-0.15, -0.1) is 0 Å². The van der Waals surface area contributed by atoms with Crippen molar-refractivity contribution in [2.45, 2.75) is 128 Å². The van der Waals surface area contributed by atoms with Crippen LogP contribution in [0, 0.1) is 0 Å². The van der Waals surface area contributed by atoms with E-state index in [1.165, 1.54) is 156 Å². The summed E-state index contributed by atoms with van der Waals surface area (Å²) in [5.41, 5.74) is 21.1. The lowest BCUT2D eigenvalue weighted by Crippen LogP contribution is -2.26. The Morgan fingerprint density at radius 2 is 0.942 bits per heavy atom. The SMILES string of the molecule is CCCCCCCCC1(CCCCCCCC)c2cc(-c3ccc4c(c3)nc(-c3ccccc3)n4-c3ccccc3)ccc2-c2cc3c(cc21)-c1ccc(-c2cccc4ccccc24)cc1C3(C)C. The van der Waals surface area contributed by atoms with Crippen molar-refractivity contribution in [2.24, 2.45) is 0 Å². The van der Waals surface area contributed by atoms with Gasteiger partial charge in [0.15, 0.2) is 0 Å². The van der Waals surface area contributed by atoms with Crippen molar-refractivity contribution in [1.82, 2.24) is 9.55 Å². The molecule has 0 unspecified atom stereocenters. The molecule has 8 aromatic carbocycles. The number of para-hydroxylation sites is 1. The van der Waals surface area contributed by atoms with Crippen LogP contribution in [0.2, 0.25) is 0 Å². The maximum absolute atomic E-state index is 5.39. The Morgan fingerprint density at radius 1 is 0.406 bits per heavy atom. The fourth-order valence-electron chi connectivity index (χ4n) is 12.5. The maximum atomic E-state index is 5.39. The minimum Gasteiger partial charge on any atom is -0.292 e. The van der Waals surface area contributed by atoms with E-state index in [9.17, 15) is 0 Å². The summed E-state index contributed by atoms with van der Waals surface area (Å²) in [7, 11) is 0. The highest BCUT2D eigenvalue weighted by Gasteiger charge is 2.46. The average molecular weight is 901 g/mol. The van der Waals surface area contributed by atoms with E-state index in [0.717, 1.165) is 28.1 Å². The molecule has 1 aromatic heterocycles. The third-order valence-corrected chi connectivity index (χ3v) is 16.2. The first-order valence-corrected chi connectivity index (χ1v) is 26.5. The van der Waals surface area contributed by atoms with Crippen LogP contribution in [0.4, 0.5) is 0 Å². The molecule has 69 heavy (non-hydrogen) atoms. The van der Waals surface area contributed by atoms with Crippen LogP contribution >= 0.6 is 0 Å². The first kappa shape index (κ1) is 45.0. The molecule has 2 heteroatoms. The number of benzene rings is 8. The van der Waals surface area contributed by atoms with E-state index in [1.807, 2.05) is 0 Å². The van der Waals surface area contributed by atoms with Crippen molar-refractivity contribution in [2.75, 3.05) is 0 Å². The Kier molecular flexibility index (Phi) is 12.5. The Balaban J connectivity index is 1.04. The Labute approximate surface area is 411 Å². The van der Waals surface area contributed by atoms with E-state index in [4.69, 9.17) is 4.98 Å². The molecule has 2 aliphatic carbocycles. The second-order valence-corrected chi connectivity index (χ2v) is 20.9. The number of hydrogen-bond acceptors (Lipinski definition) is 1. The molecule has 346 valence electrons. The van der Waals surface area contributed by atoms with Crippen LogP contribution in [0.15, 0.2) is 170 Å². The number of imidazole rings is 1. The summed E-state index contributed by atoms with van der Waals surface area (Å²) < 4.78 is 2.32. The maximum Gasteiger partial charge on any atom is 0.145 e. The quantitative estimate of drug-likeness (QED) is 0.0785. The van der Waals surface area contributed by atoms with Crippen molar-refractivity contribution in [3.8, 4) is 61.6 Å². The predicted octanol–water partition coefficient (Wildman–Crippen LogP) is 19.3. The van der Waals surface area contributed by atoms with E-state index in [1.54, 1.807) is 11.1 Å². The number of aromatic nitrogens is 2. The second kappa shape index (κ2) is 19.1. The summed E-state index contributed by atoms with van der Waals surface area (Å²) in [6.07, 6.45) is 18.0. The normalized spacial score (nSPS) is 14.0. The molecule has 9 aromatic rings. The van der Waals surface area contributed by atoms with Crippen LogP contribution in [0.5, 0.6) is 0 Å². The first-order chi connectivity index (χ1) is 33.9. The topological polar surface area (TPSA) is 17.8 Å². The smallest absolute Gasteiger partial charge is 0.145 e. The van der Waals surface area contributed by atoms with Gasteiger partial charge in [0.05, 0.1) is 11.0 Å². The van der Waals surface area contributed by atoms with Gasteiger partial charge in [-0.3, -0.25) is 4.57 Å². The van der Waals surface area contributed by atoms with Crippen molar-refractivity contribution >= 4 is 21.8 Å². The number of rotatable bonds is 18. The molecule has 0 radical (unpaired) electrons. The fourth-order valence-corrected chi connectivity index (χ4v) is 12.5. The third-order valence-electron chi connectivity index (χ3n) is 16.2. The molecule has 0 spiro atoms. The first-order valence-electron chi connectivity index (χ1n) is 26.5. The van der Waals surface area contributed by atoms with Crippen LogP contribution in [0.3, 0.4) is 0 Å². The summed E-state index contributed by atoms with van der Waals surface area (Å²) in [6, 6.07) is 64.1. The van der Waals surface area contributed by atoms with Gasteiger partial charge in [0.2, 0.25) is 0 Å². The summed E-state index contributed by atoms with van der Waals surface area (Å²) in [5.74, 6) is 0.970. The van der Waals surface area contributed by atoms with Crippen molar-refractivity contribution in [3.63, 3.8) is 0 Å². The minimum absolute atomic E-state index is 0.0551. The molecule has 0 N–H and O–H groups in total. The van der Waals surface area contributed by atoms with E-state index in [-0.39, 0.29) is 10.8 Å². The van der Waals surface area contributed by atoms with Gasteiger partial charge in [-0.2, -0.15) is 0 Å². The zero-order valence-electron chi connectivity index (χ0n) is 41.5. The van der Waals surface area contributed by atoms with E-state index in [2.05, 4.69) is 202 Å². The van der Waals surface area contributed by atoms with Crippen LogP contribution in [-0.4, -0.2) is 9.55 Å². The molecule has 2 nitrogen and oxygen atoms in total. The highest BCUT2D eigenvalue weighted by Crippen LogP contribution is 2.60. The van der Waals surface area contributed by atoms with Crippen molar-refractivity contribution in [3.05, 3.63) is 192 Å². The summed E-state index contributed by atoms with van der Waals surface area (Å²) in [5, 5.41) is 2.61. The van der Waals surface area contributed by atoms with Gasteiger partial charge >= 0.3 is 0 Å². The lowest BCUT2D eigenvalue weighted by molar-refractivity contribution is 0.398. The van der Waals surface area contributed by atoms with Crippen LogP contribution < -0.4 is 0 Å². The van der Waals surface area contributed by atoms with Gasteiger partial charge in [0.1, 0.15) is 5.82 Å². The molecule has 0 saturated carbocycles. The Hall–Kier alpha value is -6.51. The molecule has 0 saturated heterocycles. The molecular formula is C67H68N2. The largest absolute Gasteiger partial charge is 0.292 e. The number of hydrogen-bond donors (Lipinski definition) is 0. The van der Waals surface area contributed by atoms with E-state index in [0.29, 0.717) is 0 Å². The predicted molar refractivity (Wildman–Crippen MR) is 295 cm³/mol. The molecule has 1 heterocycles. The lowest BCUT2D eigenvalue weighted by atomic mass is 9.69. The molecule has 0 atom stereocenters. The van der Waals surface area contributed by atoms with Crippen molar-refractivity contribution < 1.29 is 0 Å². The standard InChI is InChI=1S/C67H68N2/c1-5-7-9-11-13-23-40-67(41-24-14-12-10-8-6-2)61-42-49(50-36-39-64-63(44-50)68-65(48-27-17-15-18-28-48)69(64)52-30-19-16-20-31-52)34-37-56(61)58-45-60-57(46-62(58)67)55-38-35-51(43-59(55)66(60,3)4)54-33-25-29-47-26-21-22-32-53(47)54/h15-22,25-39,42-46H,5-14,23-24,40-41H2,1-4H3. The highest BCUT2D eigenvalue weighted by atomic mass is 15.1. The van der Waals surface area contributed by atoms with Crippen LogP contribution in [0.25, 0.3) is 83.4 Å². The monoisotopic (exact) mass is 901 g/mol. The van der Waals surface area contributed by atoms with Gasteiger partial charge in [-0.05, 0) is 139 Å². The van der Waals surface area contributed by atoms with Gasteiger partial charge in [0, 0.05) is 22.1 Å². The molecule has 11 rings (SSSR count). The van der Waals surface area contributed by atoms with E-state index >= 15 is 0 Å². The van der Waals surface area contributed by atoms with Gasteiger partial charge in [-0.1, -0.05) is 226 Å². The second-order valence-electron chi connectivity index (χ2n) is 20.9. The number of nitrogens with zero attached hydrogens (tertiary/aromatic N) is 2. The highest BCUT2D eigenvalue weighted by molar-refractivity contribution is 5.98. The number of unbranched alkanes of at least 4 members (excludes halogenated alkanes) is 10. The van der Waals surface area contributed by atoms with Crippen LogP contribution in [0.1, 0.15) is 140 Å². The molecule has 0 amide bonds. The zero-order chi connectivity index (χ0) is 47.0. The summed E-state index contributed by atoms with van der Waals surface area (Å²) in [4.78, 5) is 5.39. The summed E-state index contributed by atoms with van der Waals surface area (Å²) >= 11 is 0. The molecule has 0 aliphatic heterocycles. The Morgan fingerprint density at radius 3 is 1.68 bits per heavy atom. The van der Waals surface area contributed by atoms with Gasteiger partial charge in [-0.25, -0.2) is 4.98 Å². The van der Waals surface area contributed by atoms with Gasteiger partial charge in [0.25, 0.3) is 0 Å². The number of fused-ring (bicyclic) bond motifs is 8. The lowest BCUT2D eigenvalue weighted by Gasteiger charge is -2.34. The Bertz CT molecular complexity index is 3260. The van der Waals surface area contributed by atoms with Crippen LogP contribution in [-0.2, 0) is 10.8 Å².